The number of unbranched alkanes of at least 4 members (excludes halogenated alkanes) is 4. The zero-order valence-electron chi connectivity index (χ0n) is 10.6. The van der Waals surface area contributed by atoms with Gasteiger partial charge in [0.15, 0.2) is 0 Å². The average Bonchev–Trinajstić information content (AvgIpc) is 2.14. The molecule has 0 aliphatic rings. The Kier molecular flexibility index (Phi) is 9.89. The Labute approximate surface area is 105 Å². The van der Waals surface area contributed by atoms with E-state index in [0.717, 1.165) is 25.2 Å². The molecule has 0 bridgehead atoms. The highest BCUT2D eigenvalue weighted by Gasteiger charge is 2.05. The molecule has 1 N–H and O–H groups in total. The minimum Gasteiger partial charge on any atom is -0.481 e. The van der Waals surface area contributed by atoms with Crippen LogP contribution in [-0.4, -0.2) is 16.3 Å². The summed E-state index contributed by atoms with van der Waals surface area (Å²) in [6.45, 7) is 4.46. The smallest absolute Gasteiger partial charge is 0.303 e. The van der Waals surface area contributed by atoms with E-state index in [1.807, 2.05) is 0 Å². The lowest BCUT2D eigenvalue weighted by atomic mass is 10.0. The summed E-state index contributed by atoms with van der Waals surface area (Å²) in [5.41, 5.74) is 0. The summed E-state index contributed by atoms with van der Waals surface area (Å²) >= 11 is 4.56. The maximum Gasteiger partial charge on any atom is 0.303 e. The molecule has 0 aromatic carbocycles. The van der Waals surface area contributed by atoms with Crippen molar-refractivity contribution in [2.45, 2.75) is 70.5 Å². The van der Waals surface area contributed by atoms with Gasteiger partial charge in [-0.1, -0.05) is 39.5 Å². The molecule has 0 amide bonds. The highest BCUT2D eigenvalue weighted by atomic mass is 32.1. The summed E-state index contributed by atoms with van der Waals surface area (Å²) in [4.78, 5) is 10.3. The molecule has 16 heavy (non-hydrogen) atoms. The lowest BCUT2D eigenvalue weighted by Crippen LogP contribution is -2.03. The number of carboxylic acid groups (broad SMARTS) is 1. The van der Waals surface area contributed by atoms with Crippen molar-refractivity contribution in [3.63, 3.8) is 0 Å². The van der Waals surface area contributed by atoms with Gasteiger partial charge < -0.3 is 5.11 Å². The summed E-state index contributed by atoms with van der Waals surface area (Å²) in [6.07, 6.45) is 8.20. The van der Waals surface area contributed by atoms with Gasteiger partial charge in [-0.15, -0.1) is 0 Å². The van der Waals surface area contributed by atoms with E-state index in [1.165, 1.54) is 25.7 Å². The Morgan fingerprint density at radius 1 is 1.12 bits per heavy atom. The van der Waals surface area contributed by atoms with Gasteiger partial charge in [-0.25, -0.2) is 0 Å². The SMILES string of the molecule is CC(C)CC(S)CCCCCCCC(=O)O. The summed E-state index contributed by atoms with van der Waals surface area (Å²) in [5, 5.41) is 9.00. The molecule has 0 radical (unpaired) electrons. The number of thiol groups is 1. The lowest BCUT2D eigenvalue weighted by Gasteiger charge is -2.12. The fourth-order valence-electron chi connectivity index (χ4n) is 1.85. The summed E-state index contributed by atoms with van der Waals surface area (Å²) in [7, 11) is 0. The maximum atomic E-state index is 10.3. The molecule has 0 aromatic rings. The highest BCUT2D eigenvalue weighted by Crippen LogP contribution is 2.17. The number of aliphatic carboxylic acids is 1. The quantitative estimate of drug-likeness (QED) is 0.449. The fraction of sp³-hybridized carbons (Fsp3) is 0.923. The van der Waals surface area contributed by atoms with Crippen LogP contribution in [0.5, 0.6) is 0 Å². The zero-order chi connectivity index (χ0) is 12.4. The van der Waals surface area contributed by atoms with E-state index in [4.69, 9.17) is 5.11 Å². The zero-order valence-corrected chi connectivity index (χ0v) is 11.5. The van der Waals surface area contributed by atoms with Crippen molar-refractivity contribution < 1.29 is 9.90 Å². The third-order valence-electron chi connectivity index (χ3n) is 2.67. The summed E-state index contributed by atoms with van der Waals surface area (Å²) in [6, 6.07) is 0. The molecule has 0 fully saturated rings. The van der Waals surface area contributed by atoms with E-state index in [9.17, 15) is 4.79 Å². The van der Waals surface area contributed by atoms with Gasteiger partial charge in [0.05, 0.1) is 0 Å². The van der Waals surface area contributed by atoms with Crippen molar-refractivity contribution in [3.05, 3.63) is 0 Å². The van der Waals surface area contributed by atoms with Crippen molar-refractivity contribution in [2.75, 3.05) is 0 Å². The van der Waals surface area contributed by atoms with E-state index in [0.29, 0.717) is 11.7 Å². The van der Waals surface area contributed by atoms with E-state index >= 15 is 0 Å². The van der Waals surface area contributed by atoms with Crippen LogP contribution in [0, 0.1) is 5.92 Å². The van der Waals surface area contributed by atoms with Crippen molar-refractivity contribution in [1.29, 1.82) is 0 Å². The van der Waals surface area contributed by atoms with Crippen LogP contribution >= 0.6 is 12.6 Å². The van der Waals surface area contributed by atoms with Gasteiger partial charge in [-0.3, -0.25) is 4.79 Å². The molecule has 0 aromatic heterocycles. The molecule has 0 aliphatic carbocycles. The molecule has 3 heteroatoms. The van der Waals surface area contributed by atoms with E-state index < -0.39 is 5.97 Å². The minimum absolute atomic E-state index is 0.322. The highest BCUT2D eigenvalue weighted by molar-refractivity contribution is 7.80. The number of carboxylic acids is 1. The first-order chi connectivity index (χ1) is 7.52. The molecule has 1 unspecified atom stereocenters. The second kappa shape index (κ2) is 10.0. The van der Waals surface area contributed by atoms with Gasteiger partial charge >= 0.3 is 5.97 Å². The predicted octanol–water partition coefficient (Wildman–Crippen LogP) is 4.15. The first-order valence-corrected chi connectivity index (χ1v) is 6.94. The standard InChI is InChI=1S/C13H26O2S/c1-11(2)10-12(16)8-6-4-3-5-7-9-13(14)15/h11-12,16H,3-10H2,1-2H3,(H,14,15). The van der Waals surface area contributed by atoms with Crippen LogP contribution in [0.1, 0.15) is 65.2 Å². The molecule has 0 spiro atoms. The van der Waals surface area contributed by atoms with Crippen LogP contribution in [0.25, 0.3) is 0 Å². The van der Waals surface area contributed by atoms with E-state index in [1.54, 1.807) is 0 Å². The Bertz CT molecular complexity index is 181. The molecule has 0 rings (SSSR count). The van der Waals surface area contributed by atoms with Gasteiger partial charge in [0, 0.05) is 11.7 Å². The summed E-state index contributed by atoms with van der Waals surface area (Å²) < 4.78 is 0. The molecule has 0 heterocycles. The molecular formula is C13H26O2S. The van der Waals surface area contributed by atoms with Crippen LogP contribution in [0.2, 0.25) is 0 Å². The second-order valence-corrected chi connectivity index (χ2v) is 5.71. The lowest BCUT2D eigenvalue weighted by molar-refractivity contribution is -0.137. The molecule has 1 atom stereocenters. The third kappa shape index (κ3) is 11.9. The van der Waals surface area contributed by atoms with Crippen LogP contribution in [0.3, 0.4) is 0 Å². The minimum atomic E-state index is -0.674. The molecule has 0 saturated carbocycles. The number of rotatable bonds is 10. The van der Waals surface area contributed by atoms with Gasteiger partial charge in [0.25, 0.3) is 0 Å². The molecular weight excluding hydrogens is 220 g/mol. The molecule has 0 saturated heterocycles. The van der Waals surface area contributed by atoms with Crippen LogP contribution in [0.15, 0.2) is 0 Å². The van der Waals surface area contributed by atoms with Crippen molar-refractivity contribution in [2.24, 2.45) is 5.92 Å². The number of hydrogen-bond acceptors (Lipinski definition) is 2. The van der Waals surface area contributed by atoms with Crippen molar-refractivity contribution >= 4 is 18.6 Å². The predicted molar refractivity (Wildman–Crippen MR) is 72.2 cm³/mol. The molecule has 2 nitrogen and oxygen atoms in total. The largest absolute Gasteiger partial charge is 0.481 e. The van der Waals surface area contributed by atoms with Crippen LogP contribution in [0.4, 0.5) is 0 Å². The molecule has 96 valence electrons. The number of carbonyl (C=O) groups is 1. The van der Waals surface area contributed by atoms with Gasteiger partial charge in [0.2, 0.25) is 0 Å². The first kappa shape index (κ1) is 15.8. The van der Waals surface area contributed by atoms with Crippen LogP contribution in [-0.2, 0) is 4.79 Å². The van der Waals surface area contributed by atoms with Gasteiger partial charge in [0.1, 0.15) is 0 Å². The van der Waals surface area contributed by atoms with E-state index in [-0.39, 0.29) is 0 Å². The normalized spacial score (nSPS) is 13.0. The molecule has 0 aliphatic heterocycles. The maximum absolute atomic E-state index is 10.3. The van der Waals surface area contributed by atoms with E-state index in [2.05, 4.69) is 26.5 Å². The second-order valence-electron chi connectivity index (χ2n) is 4.98. The monoisotopic (exact) mass is 246 g/mol. The Hall–Kier alpha value is -0.180. The average molecular weight is 246 g/mol. The Morgan fingerprint density at radius 2 is 1.69 bits per heavy atom. The number of hydrogen-bond donors (Lipinski definition) is 2. The van der Waals surface area contributed by atoms with Crippen molar-refractivity contribution in [1.82, 2.24) is 0 Å². The first-order valence-electron chi connectivity index (χ1n) is 6.42. The van der Waals surface area contributed by atoms with Gasteiger partial charge in [-0.05, 0) is 25.2 Å². The van der Waals surface area contributed by atoms with Crippen LogP contribution < -0.4 is 0 Å². The summed E-state index contributed by atoms with van der Waals surface area (Å²) in [5.74, 6) is 0.0606. The topological polar surface area (TPSA) is 37.3 Å². The fourth-order valence-corrected chi connectivity index (χ4v) is 2.45. The Balaban J connectivity index is 3.17. The van der Waals surface area contributed by atoms with Crippen molar-refractivity contribution in [3.8, 4) is 0 Å². The third-order valence-corrected chi connectivity index (χ3v) is 3.14. The van der Waals surface area contributed by atoms with Gasteiger partial charge in [-0.2, -0.15) is 12.6 Å². The Morgan fingerprint density at radius 3 is 2.25 bits per heavy atom.